The van der Waals surface area contributed by atoms with Gasteiger partial charge in [-0.3, -0.25) is 0 Å². The molecular weight excluding hydrogens is 656 g/mol. The number of hydrogen-bond acceptors (Lipinski definition) is 11. The van der Waals surface area contributed by atoms with Crippen molar-refractivity contribution in [3.8, 4) is 0 Å². The van der Waals surface area contributed by atoms with Crippen LogP contribution < -0.4 is 0 Å². The van der Waals surface area contributed by atoms with Crippen molar-refractivity contribution in [1.82, 2.24) is 0 Å². The fourth-order valence-electron chi connectivity index (χ4n) is 6.17. The van der Waals surface area contributed by atoms with E-state index < -0.39 is 68.0 Å². The molecule has 6 rings (SSSR count). The van der Waals surface area contributed by atoms with Crippen molar-refractivity contribution in [2.75, 3.05) is 13.2 Å². The molecule has 0 bridgehead atoms. The molecule has 11 heteroatoms. The lowest BCUT2D eigenvalue weighted by atomic mass is 9.96. The first kappa shape index (κ1) is 37.2. The van der Waals surface area contributed by atoms with Crippen molar-refractivity contribution in [3.63, 3.8) is 0 Å². The summed E-state index contributed by atoms with van der Waals surface area (Å²) in [5.74, 6) is 0. The van der Waals surface area contributed by atoms with Gasteiger partial charge in [0, 0.05) is 0 Å². The number of hydrogen-bond donors (Lipinski definition) is 4. The smallest absolute Gasteiger partial charge is 0.187 e. The van der Waals surface area contributed by atoms with Gasteiger partial charge in [-0.1, -0.05) is 121 Å². The van der Waals surface area contributed by atoms with E-state index in [9.17, 15) is 20.4 Å². The summed E-state index contributed by atoms with van der Waals surface area (Å²) in [4.78, 5) is 0. The highest BCUT2D eigenvalue weighted by Crippen LogP contribution is 2.34. The summed E-state index contributed by atoms with van der Waals surface area (Å²) >= 11 is 0. The van der Waals surface area contributed by atoms with Crippen molar-refractivity contribution in [2.45, 2.75) is 87.8 Å². The van der Waals surface area contributed by atoms with Gasteiger partial charge in [0.05, 0.1) is 39.6 Å². The fourth-order valence-corrected chi connectivity index (χ4v) is 6.17. The summed E-state index contributed by atoms with van der Waals surface area (Å²) in [6, 6.07) is 38.7. The Morgan fingerprint density at radius 2 is 0.902 bits per heavy atom. The molecule has 2 aliphatic rings. The van der Waals surface area contributed by atoms with Crippen LogP contribution in [0.4, 0.5) is 0 Å². The van der Waals surface area contributed by atoms with Crippen molar-refractivity contribution in [3.05, 3.63) is 144 Å². The maximum absolute atomic E-state index is 11.0. The molecular formula is C40H46O11. The number of ether oxygens (including phenoxy) is 7. The molecule has 0 radical (unpaired) electrons. The largest absolute Gasteiger partial charge is 0.394 e. The zero-order valence-electron chi connectivity index (χ0n) is 28.2. The average molecular weight is 703 g/mol. The lowest BCUT2D eigenvalue weighted by Gasteiger charge is -2.48. The Morgan fingerprint density at radius 3 is 1.41 bits per heavy atom. The van der Waals surface area contributed by atoms with Crippen molar-refractivity contribution in [1.29, 1.82) is 0 Å². The first-order chi connectivity index (χ1) is 25.0. The van der Waals surface area contributed by atoms with Gasteiger partial charge in [0.2, 0.25) is 0 Å². The van der Waals surface area contributed by atoms with E-state index >= 15 is 0 Å². The Labute approximate surface area is 297 Å². The van der Waals surface area contributed by atoms with E-state index in [1.807, 2.05) is 121 Å². The van der Waals surface area contributed by atoms with E-state index in [0.29, 0.717) is 6.61 Å². The van der Waals surface area contributed by atoms with Crippen LogP contribution in [0.2, 0.25) is 0 Å². The molecule has 0 spiro atoms. The van der Waals surface area contributed by atoms with Crippen LogP contribution in [0.5, 0.6) is 0 Å². The van der Waals surface area contributed by atoms with Gasteiger partial charge in [-0.25, -0.2) is 0 Å². The van der Waals surface area contributed by atoms with Crippen LogP contribution >= 0.6 is 0 Å². The van der Waals surface area contributed by atoms with Crippen LogP contribution in [-0.4, -0.2) is 95.1 Å². The van der Waals surface area contributed by atoms with Crippen molar-refractivity contribution < 1.29 is 53.6 Å². The maximum atomic E-state index is 11.0. The number of rotatable bonds is 16. The van der Waals surface area contributed by atoms with Gasteiger partial charge in [0.25, 0.3) is 0 Å². The highest BCUT2D eigenvalue weighted by Gasteiger charge is 2.53. The Morgan fingerprint density at radius 1 is 0.451 bits per heavy atom. The summed E-state index contributed by atoms with van der Waals surface area (Å²) in [7, 11) is 0. The molecule has 0 aromatic heterocycles. The summed E-state index contributed by atoms with van der Waals surface area (Å²) in [5, 5.41) is 42.0. The zero-order chi connectivity index (χ0) is 35.4. The molecule has 2 aliphatic heterocycles. The van der Waals surface area contributed by atoms with Gasteiger partial charge < -0.3 is 53.6 Å². The van der Waals surface area contributed by atoms with E-state index in [1.54, 1.807) is 0 Å². The molecule has 0 saturated carbocycles. The van der Waals surface area contributed by atoms with E-state index in [-0.39, 0.29) is 26.4 Å². The molecule has 272 valence electrons. The quantitative estimate of drug-likeness (QED) is 0.136. The summed E-state index contributed by atoms with van der Waals surface area (Å²) in [6.07, 6.45) is -12.1. The van der Waals surface area contributed by atoms with E-state index in [0.717, 1.165) is 22.3 Å². The molecule has 4 N–H and O–H groups in total. The monoisotopic (exact) mass is 702 g/mol. The molecule has 2 fully saturated rings. The minimum atomic E-state index is -1.66. The van der Waals surface area contributed by atoms with E-state index in [4.69, 9.17) is 33.2 Å². The van der Waals surface area contributed by atoms with Crippen LogP contribution in [0.3, 0.4) is 0 Å². The Hall–Kier alpha value is -3.56. The van der Waals surface area contributed by atoms with Gasteiger partial charge in [-0.2, -0.15) is 0 Å². The van der Waals surface area contributed by atoms with Crippen molar-refractivity contribution in [2.24, 2.45) is 0 Å². The Bertz CT molecular complexity index is 1550. The highest BCUT2D eigenvalue weighted by atomic mass is 16.8. The predicted molar refractivity (Wildman–Crippen MR) is 185 cm³/mol. The lowest BCUT2D eigenvalue weighted by molar-refractivity contribution is -0.376. The number of aliphatic hydroxyl groups excluding tert-OH is 4. The van der Waals surface area contributed by atoms with Crippen LogP contribution in [0.25, 0.3) is 0 Å². The topological polar surface area (TPSA) is 146 Å². The first-order valence-corrected chi connectivity index (χ1v) is 17.2. The molecule has 4 aromatic rings. The first-order valence-electron chi connectivity index (χ1n) is 17.2. The second-order valence-corrected chi connectivity index (χ2v) is 12.7. The summed E-state index contributed by atoms with van der Waals surface area (Å²) in [5.41, 5.74) is 3.70. The summed E-state index contributed by atoms with van der Waals surface area (Å²) in [6.45, 7) is 0.390. The van der Waals surface area contributed by atoms with Gasteiger partial charge in [-0.15, -0.1) is 0 Å². The molecule has 51 heavy (non-hydrogen) atoms. The number of benzene rings is 4. The van der Waals surface area contributed by atoms with Gasteiger partial charge in [-0.05, 0) is 22.3 Å². The molecule has 0 unspecified atom stereocenters. The van der Waals surface area contributed by atoms with Crippen LogP contribution in [0.1, 0.15) is 22.3 Å². The standard InChI is InChI=1S/C40H46O11/c41-21-31-33(42)34(43)35(44)39(49-31)51-38-37(47-24-29-17-9-3-10-18-29)36(46-23-28-15-7-2-8-16-28)32(26-45-22-27-13-5-1-6-14-27)50-40(38)48-25-30-19-11-4-12-20-30/h1-20,31-44H,21-26H2/t31-,32-,33+,34-,35+,36+,37+,38-,39+,40+/m1/s1. The van der Waals surface area contributed by atoms with Crippen LogP contribution in [-0.2, 0) is 59.6 Å². The Balaban J connectivity index is 1.33. The normalized spacial score (nSPS) is 29.5. The van der Waals surface area contributed by atoms with Gasteiger partial charge in [0.1, 0.15) is 48.8 Å². The van der Waals surface area contributed by atoms with Gasteiger partial charge >= 0.3 is 0 Å². The molecule has 0 aliphatic carbocycles. The second-order valence-electron chi connectivity index (χ2n) is 12.7. The molecule has 2 heterocycles. The van der Waals surface area contributed by atoms with Gasteiger partial charge in [0.15, 0.2) is 12.6 Å². The number of aliphatic hydroxyl groups is 4. The zero-order valence-corrected chi connectivity index (χ0v) is 28.2. The molecule has 11 nitrogen and oxygen atoms in total. The molecule has 2 saturated heterocycles. The minimum Gasteiger partial charge on any atom is -0.394 e. The molecule has 10 atom stereocenters. The van der Waals surface area contributed by atoms with Crippen molar-refractivity contribution >= 4 is 0 Å². The lowest BCUT2D eigenvalue weighted by Crippen LogP contribution is -2.65. The SMILES string of the molecule is OC[C@H]1O[C@@H](O[C@H]2[C@@H](OCc3ccccc3)O[C@H](COCc3ccccc3)[C@H](OCc3ccccc3)[C@@H]2OCc2ccccc2)[C@@H](O)[C@H](O)[C@H]1O. The third-order valence-corrected chi connectivity index (χ3v) is 8.95. The maximum Gasteiger partial charge on any atom is 0.187 e. The fraction of sp³-hybridized carbons (Fsp3) is 0.400. The minimum absolute atomic E-state index is 0.123. The summed E-state index contributed by atoms with van der Waals surface area (Å²) < 4.78 is 44.8. The van der Waals surface area contributed by atoms with E-state index in [1.165, 1.54) is 0 Å². The molecule has 0 amide bonds. The average Bonchev–Trinajstić information content (AvgIpc) is 3.18. The predicted octanol–water partition coefficient (Wildman–Crippen LogP) is 3.50. The van der Waals surface area contributed by atoms with E-state index in [2.05, 4.69) is 0 Å². The van der Waals surface area contributed by atoms with Crippen LogP contribution in [0, 0.1) is 0 Å². The van der Waals surface area contributed by atoms with Crippen LogP contribution in [0.15, 0.2) is 121 Å². The highest BCUT2D eigenvalue weighted by molar-refractivity contribution is 5.16. The second kappa shape index (κ2) is 18.8. The third-order valence-electron chi connectivity index (χ3n) is 8.95. The Kier molecular flexibility index (Phi) is 13.7. The third kappa shape index (κ3) is 10.1. The molecule has 4 aromatic carbocycles.